The van der Waals surface area contributed by atoms with Crippen molar-refractivity contribution in [3.63, 3.8) is 0 Å². The lowest BCUT2D eigenvalue weighted by molar-refractivity contribution is 0.0137. The van der Waals surface area contributed by atoms with Gasteiger partial charge in [-0.3, -0.25) is 0 Å². The summed E-state index contributed by atoms with van der Waals surface area (Å²) in [6, 6.07) is 0. The number of carboxylic acid groups (broad SMARTS) is 1. The van der Waals surface area contributed by atoms with Crippen LogP contribution < -0.4 is 6.15 Å². The highest BCUT2D eigenvalue weighted by Crippen LogP contribution is 1.67. The SMILES string of the molecule is N.O=C(O)OCO. The Hall–Kier alpha value is -0.810. The Bertz CT molecular complexity index is 53.7. The van der Waals surface area contributed by atoms with Crippen LogP contribution in [-0.4, -0.2) is 23.2 Å². The van der Waals surface area contributed by atoms with Gasteiger partial charge >= 0.3 is 6.16 Å². The lowest BCUT2D eigenvalue weighted by Crippen LogP contribution is -1.99. The lowest BCUT2D eigenvalue weighted by Gasteiger charge is -1.86. The molecule has 0 bridgehead atoms. The van der Waals surface area contributed by atoms with E-state index in [0.717, 1.165) is 0 Å². The van der Waals surface area contributed by atoms with Crippen LogP contribution in [0.15, 0.2) is 0 Å². The third kappa shape index (κ3) is 11.0. The molecule has 0 heterocycles. The fourth-order valence-electron chi connectivity index (χ4n) is 0.0552. The first-order valence-corrected chi connectivity index (χ1v) is 1.24. The van der Waals surface area contributed by atoms with Gasteiger partial charge in [0.1, 0.15) is 0 Å². The van der Waals surface area contributed by atoms with Gasteiger partial charge in [0.2, 0.25) is 0 Å². The van der Waals surface area contributed by atoms with Crippen molar-refractivity contribution in [2.45, 2.75) is 0 Å². The summed E-state index contributed by atoms with van der Waals surface area (Å²) in [5.41, 5.74) is 0. The third-order valence-corrected chi connectivity index (χ3v) is 0.188. The van der Waals surface area contributed by atoms with Crippen LogP contribution >= 0.6 is 0 Å². The van der Waals surface area contributed by atoms with Crippen LogP contribution in [-0.2, 0) is 4.74 Å². The summed E-state index contributed by atoms with van der Waals surface area (Å²) in [5, 5.41) is 15.2. The topological polar surface area (TPSA) is 102 Å². The van der Waals surface area contributed by atoms with E-state index in [-0.39, 0.29) is 6.15 Å². The maximum Gasteiger partial charge on any atom is 0.507 e. The van der Waals surface area contributed by atoms with Crippen LogP contribution in [0.4, 0.5) is 4.79 Å². The Morgan fingerprint density at radius 2 is 2.14 bits per heavy atom. The highest BCUT2D eigenvalue weighted by molar-refractivity contribution is 5.56. The Labute approximate surface area is 40.1 Å². The van der Waals surface area contributed by atoms with Gasteiger partial charge < -0.3 is 21.1 Å². The van der Waals surface area contributed by atoms with Gasteiger partial charge in [0.25, 0.3) is 0 Å². The molecule has 44 valence electrons. The normalized spacial score (nSPS) is 6.43. The summed E-state index contributed by atoms with van der Waals surface area (Å²) < 4.78 is 3.51. The van der Waals surface area contributed by atoms with E-state index in [2.05, 4.69) is 4.74 Å². The number of hydrogen-bond donors (Lipinski definition) is 3. The van der Waals surface area contributed by atoms with Crippen molar-refractivity contribution in [2.24, 2.45) is 0 Å². The van der Waals surface area contributed by atoms with Gasteiger partial charge in [-0.15, -0.1) is 0 Å². The Balaban J connectivity index is 0. The van der Waals surface area contributed by atoms with E-state index in [0.29, 0.717) is 0 Å². The van der Waals surface area contributed by atoms with Crippen LogP contribution in [0, 0.1) is 0 Å². The molecule has 5 heteroatoms. The minimum atomic E-state index is -1.46. The summed E-state index contributed by atoms with van der Waals surface area (Å²) in [5.74, 6) is 0. The van der Waals surface area contributed by atoms with Gasteiger partial charge in [-0.2, -0.15) is 0 Å². The van der Waals surface area contributed by atoms with Gasteiger partial charge in [-0.1, -0.05) is 0 Å². The van der Waals surface area contributed by atoms with Gasteiger partial charge in [0.15, 0.2) is 6.79 Å². The zero-order chi connectivity index (χ0) is 4.99. The van der Waals surface area contributed by atoms with Crippen LogP contribution in [0.1, 0.15) is 0 Å². The van der Waals surface area contributed by atoms with Crippen molar-refractivity contribution >= 4 is 6.16 Å². The predicted octanol–water partition coefficient (Wildman–Crippen LogP) is -0.207. The summed E-state index contributed by atoms with van der Waals surface area (Å²) in [6.45, 7) is -0.769. The minimum Gasteiger partial charge on any atom is -0.450 e. The molecule has 0 radical (unpaired) electrons. The number of aliphatic hydroxyl groups excluding tert-OH is 1. The number of aliphatic hydroxyl groups is 1. The highest BCUT2D eigenvalue weighted by Gasteiger charge is 1.87. The van der Waals surface area contributed by atoms with Crippen molar-refractivity contribution in [3.05, 3.63) is 0 Å². The maximum absolute atomic E-state index is 9.22. The van der Waals surface area contributed by atoms with Crippen LogP contribution in [0.3, 0.4) is 0 Å². The Kier molecular flexibility index (Phi) is 7.04. The Morgan fingerprint density at radius 1 is 1.71 bits per heavy atom. The molecule has 7 heavy (non-hydrogen) atoms. The second kappa shape index (κ2) is 5.19. The minimum absolute atomic E-state index is 0. The van der Waals surface area contributed by atoms with E-state index >= 15 is 0 Å². The van der Waals surface area contributed by atoms with E-state index < -0.39 is 12.9 Å². The van der Waals surface area contributed by atoms with Gasteiger partial charge in [0.05, 0.1) is 0 Å². The zero-order valence-corrected chi connectivity index (χ0v) is 3.63. The molecule has 0 atom stereocenters. The molecule has 0 aromatic carbocycles. The summed E-state index contributed by atoms with van der Waals surface area (Å²) in [7, 11) is 0. The number of rotatable bonds is 1. The van der Waals surface area contributed by atoms with Gasteiger partial charge in [0, 0.05) is 0 Å². The first-order valence-electron chi connectivity index (χ1n) is 1.24. The second-order valence-corrected chi connectivity index (χ2v) is 0.539. The molecule has 0 aliphatic rings. The fourth-order valence-corrected chi connectivity index (χ4v) is 0.0552. The molecule has 0 rings (SSSR count). The first-order chi connectivity index (χ1) is 2.77. The number of hydrogen-bond acceptors (Lipinski definition) is 4. The van der Waals surface area contributed by atoms with Crippen LogP contribution in [0.25, 0.3) is 0 Å². The van der Waals surface area contributed by atoms with E-state index in [9.17, 15) is 4.79 Å². The lowest BCUT2D eigenvalue weighted by atomic mass is 11.3. The van der Waals surface area contributed by atoms with Crippen molar-refractivity contribution in [1.29, 1.82) is 0 Å². The molecule has 0 saturated heterocycles. The van der Waals surface area contributed by atoms with Crippen molar-refractivity contribution < 1.29 is 19.7 Å². The average molecular weight is 109 g/mol. The van der Waals surface area contributed by atoms with Crippen molar-refractivity contribution in [3.8, 4) is 0 Å². The van der Waals surface area contributed by atoms with E-state index in [1.165, 1.54) is 0 Å². The summed E-state index contributed by atoms with van der Waals surface area (Å²) in [6.07, 6.45) is -1.46. The monoisotopic (exact) mass is 109 g/mol. The van der Waals surface area contributed by atoms with E-state index in [1.54, 1.807) is 0 Å². The standard InChI is InChI=1S/C2H4O4.H3N/c3-1-6-2(4)5;/h3H,1H2,(H,4,5);1H3. The molecule has 0 amide bonds. The highest BCUT2D eigenvalue weighted by atomic mass is 16.7. The zero-order valence-electron chi connectivity index (χ0n) is 3.63. The molecule has 0 aromatic heterocycles. The summed E-state index contributed by atoms with van der Waals surface area (Å²) >= 11 is 0. The van der Waals surface area contributed by atoms with Crippen molar-refractivity contribution in [1.82, 2.24) is 6.15 Å². The average Bonchev–Trinajstić information content (AvgIpc) is 1.35. The molecular weight excluding hydrogens is 102 g/mol. The molecule has 0 fully saturated rings. The molecule has 0 aliphatic carbocycles. The van der Waals surface area contributed by atoms with Crippen LogP contribution in [0.5, 0.6) is 0 Å². The molecule has 0 unspecified atom stereocenters. The molecule has 0 aromatic rings. The van der Waals surface area contributed by atoms with Crippen LogP contribution in [0.2, 0.25) is 0 Å². The maximum atomic E-state index is 9.22. The largest absolute Gasteiger partial charge is 0.507 e. The predicted molar refractivity (Wildman–Crippen MR) is 21.2 cm³/mol. The first kappa shape index (κ1) is 9.50. The smallest absolute Gasteiger partial charge is 0.450 e. The molecule has 0 saturated carbocycles. The molecular formula is C2H7NO4. The van der Waals surface area contributed by atoms with Gasteiger partial charge in [-0.25, -0.2) is 4.79 Å². The number of ether oxygens (including phenoxy) is 1. The fraction of sp³-hybridized carbons (Fsp3) is 0.500. The quantitative estimate of drug-likeness (QED) is 0.319. The summed E-state index contributed by atoms with van der Waals surface area (Å²) in [4.78, 5) is 9.22. The van der Waals surface area contributed by atoms with E-state index in [4.69, 9.17) is 10.2 Å². The second-order valence-electron chi connectivity index (χ2n) is 0.539. The Morgan fingerprint density at radius 3 is 2.14 bits per heavy atom. The molecule has 0 spiro atoms. The van der Waals surface area contributed by atoms with Crippen molar-refractivity contribution in [2.75, 3.05) is 6.79 Å². The van der Waals surface area contributed by atoms with Gasteiger partial charge in [-0.05, 0) is 0 Å². The number of carbonyl (C=O) groups is 1. The molecule has 5 nitrogen and oxygen atoms in total. The molecule has 5 N–H and O–H groups in total. The van der Waals surface area contributed by atoms with E-state index in [1.807, 2.05) is 0 Å². The molecule has 0 aliphatic heterocycles. The third-order valence-electron chi connectivity index (χ3n) is 0.188.